The molecule has 5 nitrogen and oxygen atoms in total. The zero-order valence-electron chi connectivity index (χ0n) is 11.3. The number of hydrogen-bond donors (Lipinski definition) is 0. The first-order valence-electron chi connectivity index (χ1n) is 6.30. The normalized spacial score (nSPS) is 18.9. The van der Waals surface area contributed by atoms with Crippen molar-refractivity contribution in [2.75, 3.05) is 19.6 Å². The van der Waals surface area contributed by atoms with Gasteiger partial charge in [0, 0.05) is 7.05 Å². The minimum Gasteiger partial charge on any atom is -0.454 e. The Balaban J connectivity index is 1.90. The molecule has 0 atom stereocenters. The molecule has 0 aromatic heterocycles. The molecular weight excluding hydrogens is 276 g/mol. The molecule has 2 heterocycles. The molecule has 2 aliphatic rings. The Labute approximate surface area is 121 Å². The summed E-state index contributed by atoms with van der Waals surface area (Å²) in [6.07, 6.45) is 1.77. The summed E-state index contributed by atoms with van der Waals surface area (Å²) in [7, 11) is 1.74. The van der Waals surface area contributed by atoms with Crippen LogP contribution >= 0.6 is 11.8 Å². The lowest BCUT2D eigenvalue weighted by Gasteiger charge is -2.08. The van der Waals surface area contributed by atoms with E-state index in [0.717, 1.165) is 22.2 Å². The smallest absolute Gasteiger partial charge is 0.278 e. The van der Waals surface area contributed by atoms with Crippen molar-refractivity contribution in [1.82, 2.24) is 4.90 Å². The van der Waals surface area contributed by atoms with Gasteiger partial charge < -0.3 is 9.47 Å². The van der Waals surface area contributed by atoms with Crippen LogP contribution in [0.25, 0.3) is 6.08 Å². The van der Waals surface area contributed by atoms with Gasteiger partial charge in [-0.25, -0.2) is 4.99 Å². The molecule has 0 saturated carbocycles. The van der Waals surface area contributed by atoms with Crippen molar-refractivity contribution in [1.29, 1.82) is 0 Å². The van der Waals surface area contributed by atoms with Gasteiger partial charge in [-0.2, -0.15) is 0 Å². The van der Waals surface area contributed by atoms with Crippen molar-refractivity contribution >= 4 is 28.9 Å². The molecule has 0 saturated heterocycles. The molecule has 2 aliphatic heterocycles. The van der Waals surface area contributed by atoms with Crippen LogP contribution in [0.2, 0.25) is 0 Å². The molecule has 104 valence electrons. The zero-order valence-corrected chi connectivity index (χ0v) is 12.1. The fraction of sp³-hybridized carbons (Fsp3) is 0.286. The Morgan fingerprint density at radius 2 is 2.20 bits per heavy atom. The molecule has 1 aromatic rings. The summed E-state index contributed by atoms with van der Waals surface area (Å²) in [4.78, 5) is 18.1. The first-order chi connectivity index (χ1) is 9.69. The third-order valence-corrected chi connectivity index (χ3v) is 3.91. The Morgan fingerprint density at radius 1 is 1.40 bits per heavy atom. The maximum Gasteiger partial charge on any atom is 0.278 e. The third kappa shape index (κ3) is 2.27. The van der Waals surface area contributed by atoms with Gasteiger partial charge in [0.15, 0.2) is 16.7 Å². The molecule has 3 rings (SSSR count). The van der Waals surface area contributed by atoms with Crippen molar-refractivity contribution in [3.05, 3.63) is 29.5 Å². The average molecular weight is 290 g/mol. The van der Waals surface area contributed by atoms with Crippen LogP contribution in [0.1, 0.15) is 12.5 Å². The Kier molecular flexibility index (Phi) is 3.40. The quantitative estimate of drug-likeness (QED) is 0.784. The lowest BCUT2D eigenvalue weighted by atomic mass is 10.1. The maximum atomic E-state index is 12.1. The molecule has 0 bridgehead atoms. The molecule has 0 unspecified atom stereocenters. The number of likely N-dealkylation sites (N-methyl/N-ethyl adjacent to an activating group) is 1. The molecule has 0 aliphatic carbocycles. The topological polar surface area (TPSA) is 51.1 Å². The van der Waals surface area contributed by atoms with Crippen LogP contribution in [-0.2, 0) is 4.79 Å². The second-order valence-electron chi connectivity index (χ2n) is 4.33. The SMILES string of the molecule is CCSC1=N/C(=C\c2ccc3c(c2)OCO3)C(=O)N1C. The number of amides is 1. The van der Waals surface area contributed by atoms with Crippen LogP contribution < -0.4 is 9.47 Å². The molecule has 0 N–H and O–H groups in total. The van der Waals surface area contributed by atoms with Gasteiger partial charge in [-0.15, -0.1) is 0 Å². The van der Waals surface area contributed by atoms with E-state index in [9.17, 15) is 4.79 Å². The van der Waals surface area contributed by atoms with Crippen LogP contribution in [-0.4, -0.2) is 35.6 Å². The second kappa shape index (κ2) is 5.20. The van der Waals surface area contributed by atoms with Gasteiger partial charge in [-0.1, -0.05) is 24.8 Å². The molecule has 1 aromatic carbocycles. The van der Waals surface area contributed by atoms with Gasteiger partial charge in [0.05, 0.1) is 0 Å². The van der Waals surface area contributed by atoms with Crippen molar-refractivity contribution in [3.63, 3.8) is 0 Å². The van der Waals surface area contributed by atoms with Crippen molar-refractivity contribution in [2.45, 2.75) is 6.92 Å². The van der Waals surface area contributed by atoms with Gasteiger partial charge >= 0.3 is 0 Å². The maximum absolute atomic E-state index is 12.1. The van der Waals surface area contributed by atoms with E-state index in [0.29, 0.717) is 11.4 Å². The average Bonchev–Trinajstić information content (AvgIpc) is 3.00. The number of amidine groups is 1. The number of nitrogens with zero attached hydrogens (tertiary/aromatic N) is 2. The predicted octanol–water partition coefficient (Wildman–Crippen LogP) is 2.34. The largest absolute Gasteiger partial charge is 0.454 e. The highest BCUT2D eigenvalue weighted by atomic mass is 32.2. The summed E-state index contributed by atoms with van der Waals surface area (Å²) >= 11 is 1.55. The number of rotatable bonds is 2. The minimum absolute atomic E-state index is 0.0846. The van der Waals surface area contributed by atoms with E-state index < -0.39 is 0 Å². The number of aliphatic imine (C=N–C) groups is 1. The summed E-state index contributed by atoms with van der Waals surface area (Å²) in [5, 5.41) is 0.740. The highest BCUT2D eigenvalue weighted by molar-refractivity contribution is 8.13. The van der Waals surface area contributed by atoms with E-state index in [4.69, 9.17) is 9.47 Å². The van der Waals surface area contributed by atoms with E-state index in [2.05, 4.69) is 4.99 Å². The first-order valence-corrected chi connectivity index (χ1v) is 7.28. The number of ether oxygens (including phenoxy) is 2. The summed E-state index contributed by atoms with van der Waals surface area (Å²) in [5.41, 5.74) is 1.32. The van der Waals surface area contributed by atoms with Crippen molar-refractivity contribution in [3.8, 4) is 11.5 Å². The standard InChI is InChI=1S/C14H14N2O3S/c1-3-20-14-15-10(13(17)16(14)2)6-9-4-5-11-12(7-9)19-8-18-11/h4-7H,3,8H2,1-2H3/b10-6-. The molecule has 20 heavy (non-hydrogen) atoms. The van der Waals surface area contributed by atoms with E-state index in [1.165, 1.54) is 0 Å². The predicted molar refractivity (Wildman–Crippen MR) is 78.9 cm³/mol. The number of carbonyl (C=O) groups excluding carboxylic acids is 1. The van der Waals surface area contributed by atoms with Crippen molar-refractivity contribution in [2.24, 2.45) is 4.99 Å². The number of benzene rings is 1. The van der Waals surface area contributed by atoms with Gasteiger partial charge in [0.25, 0.3) is 5.91 Å². The third-order valence-electron chi connectivity index (χ3n) is 3.00. The van der Waals surface area contributed by atoms with E-state index in [-0.39, 0.29) is 12.7 Å². The van der Waals surface area contributed by atoms with Crippen LogP contribution in [0, 0.1) is 0 Å². The van der Waals surface area contributed by atoms with Gasteiger partial charge in [-0.05, 0) is 29.5 Å². The van der Waals surface area contributed by atoms with Crippen molar-refractivity contribution < 1.29 is 14.3 Å². The summed E-state index contributed by atoms with van der Waals surface area (Å²) in [6, 6.07) is 5.57. The Bertz CT molecular complexity index is 625. The number of fused-ring (bicyclic) bond motifs is 1. The fourth-order valence-corrected chi connectivity index (χ4v) is 2.70. The van der Waals surface area contributed by atoms with Crippen LogP contribution in [0.3, 0.4) is 0 Å². The number of hydrogen-bond acceptors (Lipinski definition) is 5. The lowest BCUT2D eigenvalue weighted by molar-refractivity contribution is -0.121. The monoisotopic (exact) mass is 290 g/mol. The molecular formula is C14H14N2O3S. The first kappa shape index (κ1) is 13.1. The number of thioether (sulfide) groups is 1. The fourth-order valence-electron chi connectivity index (χ4n) is 2.00. The molecule has 6 heteroatoms. The van der Waals surface area contributed by atoms with Gasteiger partial charge in [0.1, 0.15) is 5.70 Å². The van der Waals surface area contributed by atoms with Crippen LogP contribution in [0.5, 0.6) is 11.5 Å². The summed E-state index contributed by atoms with van der Waals surface area (Å²) < 4.78 is 10.6. The van der Waals surface area contributed by atoms with E-state index in [1.807, 2.05) is 25.1 Å². The number of carbonyl (C=O) groups is 1. The molecule has 0 radical (unpaired) electrons. The minimum atomic E-state index is -0.0846. The molecule has 1 amide bonds. The zero-order chi connectivity index (χ0) is 14.1. The van der Waals surface area contributed by atoms with E-state index >= 15 is 0 Å². The highest BCUT2D eigenvalue weighted by Gasteiger charge is 2.26. The van der Waals surface area contributed by atoms with E-state index in [1.54, 1.807) is 29.8 Å². The Hall–Kier alpha value is -1.95. The summed E-state index contributed by atoms with van der Waals surface area (Å²) in [5.74, 6) is 2.23. The lowest BCUT2D eigenvalue weighted by Crippen LogP contribution is -2.25. The Morgan fingerprint density at radius 3 is 3.00 bits per heavy atom. The molecule has 0 fully saturated rings. The second-order valence-corrected chi connectivity index (χ2v) is 5.57. The van der Waals surface area contributed by atoms with Crippen LogP contribution in [0.15, 0.2) is 28.9 Å². The van der Waals surface area contributed by atoms with Crippen LogP contribution in [0.4, 0.5) is 0 Å². The van der Waals surface area contributed by atoms with Gasteiger partial charge in [-0.3, -0.25) is 9.69 Å². The molecule has 0 spiro atoms. The van der Waals surface area contributed by atoms with Gasteiger partial charge in [0.2, 0.25) is 6.79 Å². The highest BCUT2D eigenvalue weighted by Crippen LogP contribution is 2.33. The summed E-state index contributed by atoms with van der Waals surface area (Å²) in [6.45, 7) is 2.28.